The van der Waals surface area contributed by atoms with Gasteiger partial charge >= 0.3 is 0 Å². The summed E-state index contributed by atoms with van der Waals surface area (Å²) in [5, 5.41) is 1.22. The molecular formula is C5H6INO2. The number of nitrogens with zero attached hydrogens (tertiary/aromatic N) is 1. The Kier molecular flexibility index (Phi) is 2.07. The van der Waals surface area contributed by atoms with Crippen molar-refractivity contribution in [3.8, 4) is 0 Å². The van der Waals surface area contributed by atoms with Gasteiger partial charge in [0.05, 0.1) is 0 Å². The zero-order valence-corrected chi connectivity index (χ0v) is 6.92. The predicted octanol–water partition coefficient (Wildman–Crippen LogP) is 1.40. The van der Waals surface area contributed by atoms with Gasteiger partial charge in [0.15, 0.2) is 0 Å². The zero-order valence-electron chi connectivity index (χ0n) is 4.76. The van der Waals surface area contributed by atoms with Crippen LogP contribution >= 0.6 is 23.0 Å². The van der Waals surface area contributed by atoms with E-state index < -0.39 is 0 Å². The molecule has 0 N–H and O–H groups in total. The third-order valence-electron chi connectivity index (χ3n) is 1.21. The molecule has 9 heavy (non-hydrogen) atoms. The Hall–Kier alpha value is -0.100. The minimum atomic E-state index is -0.00519. The Balaban J connectivity index is 2.66. The van der Waals surface area contributed by atoms with E-state index in [4.69, 9.17) is 0 Å². The number of amides is 1. The van der Waals surface area contributed by atoms with Crippen molar-refractivity contribution in [2.45, 2.75) is 12.8 Å². The van der Waals surface area contributed by atoms with Crippen LogP contribution in [-0.4, -0.2) is 11.0 Å². The van der Waals surface area contributed by atoms with Gasteiger partial charge in [-0.05, 0) is 6.42 Å². The molecule has 0 radical (unpaired) electrons. The molecule has 1 heterocycles. The number of halogens is 1. The standard InChI is InChI=1S/C5H6INO2/c1-4-2-3-5(8)7(4)9-6/h1-3H2. The number of hydrogen-bond donors (Lipinski definition) is 0. The fourth-order valence-electron chi connectivity index (χ4n) is 0.718. The molecule has 0 bridgehead atoms. The van der Waals surface area contributed by atoms with Crippen LogP contribution in [0.25, 0.3) is 0 Å². The monoisotopic (exact) mass is 239 g/mol. The summed E-state index contributed by atoms with van der Waals surface area (Å²) in [7, 11) is 0. The van der Waals surface area contributed by atoms with Crippen molar-refractivity contribution in [1.82, 2.24) is 5.06 Å². The zero-order chi connectivity index (χ0) is 6.85. The second-order valence-corrected chi connectivity index (χ2v) is 2.22. The van der Waals surface area contributed by atoms with Crippen molar-refractivity contribution in [3.63, 3.8) is 0 Å². The quantitative estimate of drug-likeness (QED) is 0.647. The molecule has 1 saturated heterocycles. The molecule has 50 valence electrons. The maximum atomic E-state index is 10.8. The average molecular weight is 239 g/mol. The number of hydrogen-bond acceptors (Lipinski definition) is 2. The first-order chi connectivity index (χ1) is 4.25. The second-order valence-electron chi connectivity index (χ2n) is 1.82. The van der Waals surface area contributed by atoms with Crippen LogP contribution in [0.4, 0.5) is 0 Å². The number of carbonyl (C=O) groups excluding carboxylic acids is 1. The molecule has 1 aliphatic heterocycles. The first kappa shape index (κ1) is 7.01. The van der Waals surface area contributed by atoms with E-state index in [1.54, 1.807) is 23.0 Å². The van der Waals surface area contributed by atoms with Gasteiger partial charge in [0, 0.05) is 12.1 Å². The summed E-state index contributed by atoms with van der Waals surface area (Å²) in [6, 6.07) is 0. The van der Waals surface area contributed by atoms with Crippen molar-refractivity contribution < 1.29 is 7.96 Å². The maximum Gasteiger partial charge on any atom is 0.251 e. The summed E-state index contributed by atoms with van der Waals surface area (Å²) < 4.78 is 4.69. The highest BCUT2D eigenvalue weighted by atomic mass is 127. The van der Waals surface area contributed by atoms with Crippen molar-refractivity contribution in [2.75, 3.05) is 0 Å². The molecule has 0 aliphatic carbocycles. The van der Waals surface area contributed by atoms with E-state index in [2.05, 4.69) is 9.75 Å². The second kappa shape index (κ2) is 2.66. The highest BCUT2D eigenvalue weighted by Crippen LogP contribution is 2.21. The smallest absolute Gasteiger partial charge is 0.251 e. The Labute approximate surface area is 67.3 Å². The lowest BCUT2D eigenvalue weighted by molar-refractivity contribution is -0.140. The summed E-state index contributed by atoms with van der Waals surface area (Å²) in [6.45, 7) is 3.63. The maximum absolute atomic E-state index is 10.8. The third-order valence-corrected chi connectivity index (χ3v) is 1.60. The van der Waals surface area contributed by atoms with Gasteiger partial charge < -0.3 is 0 Å². The summed E-state index contributed by atoms with van der Waals surface area (Å²) in [6.07, 6.45) is 1.25. The van der Waals surface area contributed by atoms with Crippen molar-refractivity contribution >= 4 is 28.9 Å². The molecule has 0 saturated carbocycles. The molecule has 4 heteroatoms. The molecule has 3 nitrogen and oxygen atoms in total. The van der Waals surface area contributed by atoms with Crippen LogP contribution in [-0.2, 0) is 7.96 Å². The summed E-state index contributed by atoms with van der Waals surface area (Å²) in [5.74, 6) is -0.00519. The minimum absolute atomic E-state index is 0.00519. The summed E-state index contributed by atoms with van der Waals surface area (Å²) in [4.78, 5) is 10.8. The largest absolute Gasteiger partial charge is 0.272 e. The molecule has 0 aromatic rings. The average Bonchev–Trinajstić information content (AvgIpc) is 2.12. The van der Waals surface area contributed by atoms with Crippen LogP contribution in [0.3, 0.4) is 0 Å². The predicted molar refractivity (Wildman–Crippen MR) is 40.3 cm³/mol. The molecule has 0 aromatic heterocycles. The molecule has 1 rings (SSSR count). The van der Waals surface area contributed by atoms with Gasteiger partial charge in [0.2, 0.25) is 0 Å². The molecular weight excluding hydrogens is 233 g/mol. The van der Waals surface area contributed by atoms with Gasteiger partial charge in [-0.1, -0.05) is 6.58 Å². The molecule has 0 spiro atoms. The van der Waals surface area contributed by atoms with E-state index >= 15 is 0 Å². The minimum Gasteiger partial charge on any atom is -0.272 e. The lowest BCUT2D eigenvalue weighted by atomic mass is 10.3. The van der Waals surface area contributed by atoms with Crippen molar-refractivity contribution in [1.29, 1.82) is 0 Å². The Morgan fingerprint density at radius 1 is 1.67 bits per heavy atom. The first-order valence-corrected chi connectivity index (χ1v) is 3.43. The van der Waals surface area contributed by atoms with E-state index in [-0.39, 0.29) is 5.91 Å². The van der Waals surface area contributed by atoms with Gasteiger partial charge in [0.25, 0.3) is 5.91 Å². The summed E-state index contributed by atoms with van der Waals surface area (Å²) >= 11 is 1.66. The third kappa shape index (κ3) is 1.24. The molecule has 1 aliphatic rings. The van der Waals surface area contributed by atoms with Crippen LogP contribution in [0.1, 0.15) is 12.8 Å². The van der Waals surface area contributed by atoms with E-state index in [1.165, 1.54) is 5.06 Å². The number of rotatable bonds is 1. The first-order valence-electron chi connectivity index (χ1n) is 2.55. The molecule has 1 fully saturated rings. The van der Waals surface area contributed by atoms with Crippen molar-refractivity contribution in [3.05, 3.63) is 12.3 Å². The fourth-order valence-corrected chi connectivity index (χ4v) is 1.22. The Morgan fingerprint density at radius 2 is 2.33 bits per heavy atom. The Morgan fingerprint density at radius 3 is 2.56 bits per heavy atom. The lowest BCUT2D eigenvalue weighted by Crippen LogP contribution is -2.18. The summed E-state index contributed by atoms with van der Waals surface area (Å²) in [5.41, 5.74) is 0.745. The van der Waals surface area contributed by atoms with Gasteiger partial charge in [-0.2, -0.15) is 8.23 Å². The number of allylic oxidation sites excluding steroid dienone is 1. The fraction of sp³-hybridized carbons (Fsp3) is 0.400. The van der Waals surface area contributed by atoms with Crippen LogP contribution in [0.15, 0.2) is 12.3 Å². The van der Waals surface area contributed by atoms with Gasteiger partial charge in [-0.25, -0.2) is 0 Å². The molecule has 0 aromatic carbocycles. The lowest BCUT2D eigenvalue weighted by Gasteiger charge is -2.09. The van der Waals surface area contributed by atoms with Crippen LogP contribution in [0.2, 0.25) is 0 Å². The Bertz CT molecular complexity index is 141. The SMILES string of the molecule is C=C1CCC(=O)N1OI. The van der Waals surface area contributed by atoms with Crippen LogP contribution in [0.5, 0.6) is 0 Å². The number of carbonyl (C=O) groups is 1. The van der Waals surface area contributed by atoms with Crippen LogP contribution in [0, 0.1) is 0 Å². The van der Waals surface area contributed by atoms with Crippen molar-refractivity contribution in [2.24, 2.45) is 0 Å². The normalized spacial score (nSPS) is 19.4. The number of hydroxylamine groups is 2. The van der Waals surface area contributed by atoms with E-state index in [0.717, 1.165) is 12.1 Å². The van der Waals surface area contributed by atoms with Gasteiger partial charge in [-0.15, -0.1) is 0 Å². The highest BCUT2D eigenvalue weighted by Gasteiger charge is 2.24. The molecule has 0 atom stereocenters. The van der Waals surface area contributed by atoms with Gasteiger partial charge in [-0.3, -0.25) is 4.79 Å². The van der Waals surface area contributed by atoms with Crippen LogP contribution < -0.4 is 0 Å². The van der Waals surface area contributed by atoms with E-state index in [1.807, 2.05) is 0 Å². The molecule has 1 amide bonds. The van der Waals surface area contributed by atoms with Gasteiger partial charge in [0.1, 0.15) is 23.0 Å². The van der Waals surface area contributed by atoms with E-state index in [0.29, 0.717) is 6.42 Å². The highest BCUT2D eigenvalue weighted by molar-refractivity contribution is 14.1. The molecule has 0 unspecified atom stereocenters. The topological polar surface area (TPSA) is 29.5 Å². The van der Waals surface area contributed by atoms with E-state index in [9.17, 15) is 4.79 Å².